The van der Waals surface area contributed by atoms with Gasteiger partial charge < -0.3 is 5.11 Å². The number of rotatable bonds is 2. The minimum atomic E-state index is -1.18. The van der Waals surface area contributed by atoms with Gasteiger partial charge in [-0.2, -0.15) is 0 Å². The number of hydrogen-bond donors (Lipinski definition) is 1. The van der Waals surface area contributed by atoms with Crippen LogP contribution in [0.1, 0.15) is 12.0 Å². The average Bonchev–Trinajstić information content (AvgIpc) is 2.18. The second-order valence-electron chi connectivity index (χ2n) is 4.60. The molecule has 0 saturated heterocycles. The Morgan fingerprint density at radius 1 is 1.13 bits per heavy atom. The summed E-state index contributed by atoms with van der Waals surface area (Å²) < 4.78 is 0. The molecule has 0 aromatic heterocycles. The van der Waals surface area contributed by atoms with E-state index in [-0.39, 0.29) is 6.61 Å². The van der Waals surface area contributed by atoms with Gasteiger partial charge in [-0.05, 0) is 12.1 Å². The van der Waals surface area contributed by atoms with E-state index in [9.17, 15) is 0 Å². The van der Waals surface area contributed by atoms with Gasteiger partial charge in [0.2, 0.25) is 0 Å². The van der Waals surface area contributed by atoms with Crippen LogP contribution in [-0.2, 0) is 0 Å². The van der Waals surface area contributed by atoms with Gasteiger partial charge in [0.15, 0.2) is 0 Å². The molecule has 15 heavy (non-hydrogen) atoms. The Labute approximate surface area is 93.2 Å². The standard InChI is InChI=1S/C13H18OSi/c1-15(2,3)13-9-7-12(8-10-13)6-4-5-11-14/h7-10,14H,5,11H2,1-3H3. The molecule has 0 saturated carbocycles. The summed E-state index contributed by atoms with van der Waals surface area (Å²) in [6.45, 7) is 7.14. The predicted molar refractivity (Wildman–Crippen MR) is 68.0 cm³/mol. The van der Waals surface area contributed by atoms with Gasteiger partial charge in [0.05, 0.1) is 14.7 Å². The molecule has 1 rings (SSSR count). The van der Waals surface area contributed by atoms with E-state index in [1.807, 2.05) is 0 Å². The van der Waals surface area contributed by atoms with Crippen LogP contribution in [0.5, 0.6) is 0 Å². The summed E-state index contributed by atoms with van der Waals surface area (Å²) in [4.78, 5) is 0. The third kappa shape index (κ3) is 3.91. The first kappa shape index (κ1) is 12.0. The van der Waals surface area contributed by atoms with Crippen molar-refractivity contribution in [2.45, 2.75) is 26.1 Å². The minimum absolute atomic E-state index is 0.139. The van der Waals surface area contributed by atoms with Crippen LogP contribution in [0.4, 0.5) is 0 Å². The van der Waals surface area contributed by atoms with Crippen LogP contribution >= 0.6 is 0 Å². The molecule has 0 radical (unpaired) electrons. The molecule has 0 aliphatic rings. The summed E-state index contributed by atoms with van der Waals surface area (Å²) in [7, 11) is -1.18. The molecule has 0 atom stereocenters. The zero-order chi connectivity index (χ0) is 11.3. The second-order valence-corrected chi connectivity index (χ2v) is 9.68. The Bertz CT molecular complexity index is 362. The number of hydrogen-bond acceptors (Lipinski definition) is 1. The molecule has 0 heterocycles. The van der Waals surface area contributed by atoms with E-state index in [4.69, 9.17) is 5.11 Å². The first-order chi connectivity index (χ1) is 7.04. The number of benzene rings is 1. The van der Waals surface area contributed by atoms with Crippen LogP contribution in [0, 0.1) is 11.8 Å². The molecule has 0 unspecified atom stereocenters. The van der Waals surface area contributed by atoms with Crippen LogP contribution < -0.4 is 5.19 Å². The second kappa shape index (κ2) is 5.15. The predicted octanol–water partition coefficient (Wildman–Crippen LogP) is 1.97. The highest BCUT2D eigenvalue weighted by Crippen LogP contribution is 2.03. The topological polar surface area (TPSA) is 20.2 Å². The molecular weight excluding hydrogens is 200 g/mol. The summed E-state index contributed by atoms with van der Waals surface area (Å²) in [6.07, 6.45) is 0.551. The molecule has 2 heteroatoms. The Hall–Kier alpha value is -1.04. The molecule has 0 spiro atoms. The minimum Gasteiger partial charge on any atom is -0.395 e. The smallest absolute Gasteiger partial charge is 0.0775 e. The van der Waals surface area contributed by atoms with E-state index in [1.54, 1.807) is 0 Å². The van der Waals surface area contributed by atoms with Crippen molar-refractivity contribution in [2.75, 3.05) is 6.61 Å². The Balaban J connectivity index is 2.79. The Kier molecular flexibility index (Phi) is 4.13. The van der Waals surface area contributed by atoms with E-state index in [0.29, 0.717) is 6.42 Å². The largest absolute Gasteiger partial charge is 0.395 e. The van der Waals surface area contributed by atoms with E-state index >= 15 is 0 Å². The molecule has 0 aliphatic carbocycles. The number of aliphatic hydroxyl groups is 1. The molecule has 0 fully saturated rings. The lowest BCUT2D eigenvalue weighted by Gasteiger charge is -2.15. The highest BCUT2D eigenvalue weighted by Gasteiger charge is 2.15. The fourth-order valence-corrected chi connectivity index (χ4v) is 2.44. The van der Waals surface area contributed by atoms with Gasteiger partial charge in [0.25, 0.3) is 0 Å². The molecule has 1 aromatic rings. The van der Waals surface area contributed by atoms with E-state index < -0.39 is 8.07 Å². The van der Waals surface area contributed by atoms with E-state index in [0.717, 1.165) is 5.56 Å². The summed E-state index contributed by atoms with van der Waals surface area (Å²) in [6, 6.07) is 8.49. The highest BCUT2D eigenvalue weighted by molar-refractivity contribution is 6.88. The SMILES string of the molecule is C[Si](C)(C)c1ccc(C#CCCO)cc1. The highest BCUT2D eigenvalue weighted by atomic mass is 28.3. The Morgan fingerprint density at radius 3 is 2.20 bits per heavy atom. The third-order valence-corrected chi connectivity index (χ3v) is 4.29. The lowest BCUT2D eigenvalue weighted by atomic mass is 10.2. The third-order valence-electron chi connectivity index (χ3n) is 2.22. The van der Waals surface area contributed by atoms with Crippen molar-refractivity contribution >= 4 is 13.3 Å². The Morgan fingerprint density at radius 2 is 1.73 bits per heavy atom. The molecule has 0 aliphatic heterocycles. The van der Waals surface area contributed by atoms with E-state index in [1.165, 1.54) is 5.19 Å². The van der Waals surface area contributed by atoms with Gasteiger partial charge >= 0.3 is 0 Å². The van der Waals surface area contributed by atoms with Crippen molar-refractivity contribution in [1.82, 2.24) is 0 Å². The van der Waals surface area contributed by atoms with Crippen LogP contribution in [0.2, 0.25) is 19.6 Å². The van der Waals surface area contributed by atoms with Crippen LogP contribution in [-0.4, -0.2) is 19.8 Å². The lowest BCUT2D eigenvalue weighted by molar-refractivity contribution is 0.305. The fourth-order valence-electron chi connectivity index (χ4n) is 1.27. The first-order valence-corrected chi connectivity index (χ1v) is 8.74. The van der Waals surface area contributed by atoms with Crippen molar-refractivity contribution in [3.63, 3.8) is 0 Å². The van der Waals surface area contributed by atoms with Crippen molar-refractivity contribution in [3.05, 3.63) is 29.8 Å². The van der Waals surface area contributed by atoms with Gasteiger partial charge in [0, 0.05) is 12.0 Å². The molecule has 1 N–H and O–H groups in total. The van der Waals surface area contributed by atoms with Gasteiger partial charge in [-0.25, -0.2) is 0 Å². The van der Waals surface area contributed by atoms with Crippen molar-refractivity contribution in [2.24, 2.45) is 0 Å². The maximum atomic E-state index is 8.60. The molecule has 0 bridgehead atoms. The molecule has 1 aromatic carbocycles. The fraction of sp³-hybridized carbons (Fsp3) is 0.385. The monoisotopic (exact) mass is 218 g/mol. The molecule has 1 nitrogen and oxygen atoms in total. The van der Waals surface area contributed by atoms with Gasteiger partial charge in [-0.15, -0.1) is 0 Å². The summed E-state index contributed by atoms with van der Waals surface area (Å²) in [5.74, 6) is 5.95. The van der Waals surface area contributed by atoms with Crippen molar-refractivity contribution < 1.29 is 5.11 Å². The van der Waals surface area contributed by atoms with Crippen molar-refractivity contribution in [1.29, 1.82) is 0 Å². The summed E-state index contributed by atoms with van der Waals surface area (Å²) >= 11 is 0. The maximum Gasteiger partial charge on any atom is 0.0775 e. The average molecular weight is 218 g/mol. The quantitative estimate of drug-likeness (QED) is 0.594. The maximum absolute atomic E-state index is 8.60. The zero-order valence-electron chi connectivity index (χ0n) is 9.67. The van der Waals surface area contributed by atoms with Crippen molar-refractivity contribution in [3.8, 4) is 11.8 Å². The lowest BCUT2D eigenvalue weighted by Crippen LogP contribution is -2.37. The number of aliphatic hydroxyl groups excluding tert-OH is 1. The normalized spacial score (nSPS) is 10.7. The summed E-state index contributed by atoms with van der Waals surface area (Å²) in [5, 5.41) is 10.1. The van der Waals surface area contributed by atoms with E-state index in [2.05, 4.69) is 55.7 Å². The van der Waals surface area contributed by atoms with Gasteiger partial charge in [-0.1, -0.05) is 48.8 Å². The van der Waals surface area contributed by atoms with Gasteiger partial charge in [-0.3, -0.25) is 0 Å². The zero-order valence-corrected chi connectivity index (χ0v) is 10.7. The summed E-state index contributed by atoms with van der Waals surface area (Å²) in [5.41, 5.74) is 1.03. The first-order valence-electron chi connectivity index (χ1n) is 5.24. The molecule has 0 amide bonds. The van der Waals surface area contributed by atoms with Crippen LogP contribution in [0.25, 0.3) is 0 Å². The molecule has 80 valence electrons. The van der Waals surface area contributed by atoms with Crippen LogP contribution in [0.3, 0.4) is 0 Å². The van der Waals surface area contributed by atoms with Crippen LogP contribution in [0.15, 0.2) is 24.3 Å². The molecular formula is C13H18OSi. The van der Waals surface area contributed by atoms with Gasteiger partial charge in [0.1, 0.15) is 0 Å².